The molecule has 0 atom stereocenters. The van der Waals surface area contributed by atoms with Gasteiger partial charge in [0, 0.05) is 32.9 Å². The van der Waals surface area contributed by atoms with Crippen molar-refractivity contribution in [2.45, 2.75) is 0 Å². The second-order valence-electron chi connectivity index (χ2n) is 16.8. The predicted octanol–water partition coefficient (Wildman–Crippen LogP) is 16.9. The van der Waals surface area contributed by atoms with Crippen LogP contribution in [0.5, 0.6) is 0 Å². The Morgan fingerprint density at radius 3 is 1.14 bits per heavy atom. The van der Waals surface area contributed by atoms with E-state index in [1.54, 1.807) is 0 Å². The van der Waals surface area contributed by atoms with Gasteiger partial charge >= 0.3 is 0 Å². The summed E-state index contributed by atoms with van der Waals surface area (Å²) in [5, 5.41) is 10.0. The molecule has 2 heterocycles. The van der Waals surface area contributed by atoms with Gasteiger partial charge in [0.2, 0.25) is 0 Å². The number of benzene rings is 11. The summed E-state index contributed by atoms with van der Waals surface area (Å²) in [6.07, 6.45) is 0. The Bertz CT molecular complexity index is 3850. The quantitative estimate of drug-likeness (QED) is 0.148. The minimum absolute atomic E-state index is 1.14. The number of nitrogens with zero attached hydrogens (tertiary/aromatic N) is 2. The van der Waals surface area contributed by atoms with Gasteiger partial charge in [-0.05, 0) is 121 Å². The smallest absolute Gasteiger partial charge is 0.0547 e. The standard InChI is InChI=1S/C62H40N2/c1-3-15-41(16-4-1)42-27-29-43(30-28-42)61-52-21-7-9-23-54(52)62(55-24-10-8-22-53(55)61)44-31-35-48(36-32-44)64-57-25-13-11-19-49(57)51-37-33-46(40-60(51)64)45-34-38-59-56(39-45)50-20-12-14-26-58(50)63(59)47-17-5-2-6-18-47/h1-40H. The van der Waals surface area contributed by atoms with Crippen molar-refractivity contribution < 1.29 is 0 Å². The zero-order chi connectivity index (χ0) is 42.1. The van der Waals surface area contributed by atoms with Gasteiger partial charge in [-0.15, -0.1) is 0 Å². The maximum atomic E-state index is 2.44. The number of aromatic nitrogens is 2. The van der Waals surface area contributed by atoms with Crippen LogP contribution in [-0.2, 0) is 0 Å². The maximum absolute atomic E-state index is 2.44. The van der Waals surface area contributed by atoms with E-state index >= 15 is 0 Å². The molecule has 0 radical (unpaired) electrons. The predicted molar refractivity (Wildman–Crippen MR) is 272 cm³/mol. The van der Waals surface area contributed by atoms with Crippen LogP contribution in [0.2, 0.25) is 0 Å². The van der Waals surface area contributed by atoms with Gasteiger partial charge < -0.3 is 9.13 Å². The van der Waals surface area contributed by atoms with Crippen LogP contribution in [0.25, 0.3) is 121 Å². The van der Waals surface area contributed by atoms with Crippen molar-refractivity contribution in [3.63, 3.8) is 0 Å². The summed E-state index contributed by atoms with van der Waals surface area (Å²) < 4.78 is 4.82. The van der Waals surface area contributed by atoms with E-state index < -0.39 is 0 Å². The van der Waals surface area contributed by atoms with Crippen molar-refractivity contribution in [3.05, 3.63) is 243 Å². The molecule has 2 aromatic heterocycles. The van der Waals surface area contributed by atoms with Gasteiger partial charge in [0.1, 0.15) is 0 Å². The summed E-state index contributed by atoms with van der Waals surface area (Å²) in [7, 11) is 0. The molecule has 0 spiro atoms. The number of fused-ring (bicyclic) bond motifs is 8. The maximum Gasteiger partial charge on any atom is 0.0547 e. The first-order chi connectivity index (χ1) is 31.8. The summed E-state index contributed by atoms with van der Waals surface area (Å²) in [6.45, 7) is 0. The monoisotopic (exact) mass is 812 g/mol. The summed E-state index contributed by atoms with van der Waals surface area (Å²) >= 11 is 0. The fraction of sp³-hybridized carbons (Fsp3) is 0. The van der Waals surface area contributed by atoms with Crippen LogP contribution < -0.4 is 0 Å². The molecule has 0 aliphatic rings. The number of hydrogen-bond donors (Lipinski definition) is 0. The summed E-state index contributed by atoms with van der Waals surface area (Å²) in [5.74, 6) is 0. The highest BCUT2D eigenvalue weighted by atomic mass is 15.0. The lowest BCUT2D eigenvalue weighted by molar-refractivity contribution is 1.18. The summed E-state index contributed by atoms with van der Waals surface area (Å²) in [5.41, 5.74) is 16.9. The highest BCUT2D eigenvalue weighted by Crippen LogP contribution is 2.45. The Hall–Kier alpha value is -8.46. The van der Waals surface area contributed by atoms with E-state index in [0.717, 1.165) is 5.69 Å². The van der Waals surface area contributed by atoms with Gasteiger partial charge in [-0.25, -0.2) is 0 Å². The van der Waals surface area contributed by atoms with Crippen LogP contribution in [0.15, 0.2) is 243 Å². The largest absolute Gasteiger partial charge is 0.309 e. The molecule has 2 nitrogen and oxygen atoms in total. The van der Waals surface area contributed by atoms with Gasteiger partial charge in [0.25, 0.3) is 0 Å². The molecule has 298 valence electrons. The zero-order valence-corrected chi connectivity index (χ0v) is 35.0. The van der Waals surface area contributed by atoms with Crippen LogP contribution in [0.1, 0.15) is 0 Å². The minimum Gasteiger partial charge on any atom is -0.309 e. The van der Waals surface area contributed by atoms with Crippen molar-refractivity contribution >= 4 is 65.2 Å². The fourth-order valence-corrected chi connectivity index (χ4v) is 10.4. The van der Waals surface area contributed by atoms with Gasteiger partial charge in [-0.3, -0.25) is 0 Å². The number of para-hydroxylation sites is 3. The number of hydrogen-bond acceptors (Lipinski definition) is 0. The highest BCUT2D eigenvalue weighted by molar-refractivity contribution is 6.21. The van der Waals surface area contributed by atoms with Gasteiger partial charge in [0.15, 0.2) is 0 Å². The van der Waals surface area contributed by atoms with Crippen LogP contribution in [0.3, 0.4) is 0 Å². The Labute approximate surface area is 371 Å². The average molecular weight is 813 g/mol. The van der Waals surface area contributed by atoms with E-state index in [0.29, 0.717) is 0 Å². The van der Waals surface area contributed by atoms with Crippen molar-refractivity contribution in [3.8, 4) is 55.9 Å². The van der Waals surface area contributed by atoms with Crippen LogP contribution in [0.4, 0.5) is 0 Å². The Morgan fingerprint density at radius 1 is 0.188 bits per heavy atom. The Morgan fingerprint density at radius 2 is 0.547 bits per heavy atom. The van der Waals surface area contributed by atoms with Crippen molar-refractivity contribution in [1.82, 2.24) is 9.13 Å². The van der Waals surface area contributed by atoms with E-state index in [1.165, 1.54) is 115 Å². The molecule has 0 fully saturated rings. The van der Waals surface area contributed by atoms with Crippen LogP contribution in [-0.4, -0.2) is 9.13 Å². The zero-order valence-electron chi connectivity index (χ0n) is 35.0. The number of rotatable bonds is 6. The van der Waals surface area contributed by atoms with Crippen LogP contribution >= 0.6 is 0 Å². The average Bonchev–Trinajstić information content (AvgIpc) is 3.88. The minimum atomic E-state index is 1.14. The molecule has 0 N–H and O–H groups in total. The summed E-state index contributed by atoms with van der Waals surface area (Å²) in [6, 6.07) is 88.9. The van der Waals surface area contributed by atoms with Crippen molar-refractivity contribution in [2.75, 3.05) is 0 Å². The third kappa shape index (κ3) is 5.66. The first kappa shape index (κ1) is 36.2. The Balaban J connectivity index is 0.939. The molecule has 11 aromatic carbocycles. The van der Waals surface area contributed by atoms with E-state index in [1.807, 2.05) is 0 Å². The molecule has 13 rings (SSSR count). The molecular formula is C62H40N2. The first-order valence-electron chi connectivity index (χ1n) is 22.1. The lowest BCUT2D eigenvalue weighted by Crippen LogP contribution is -1.95. The molecule has 0 saturated heterocycles. The molecule has 0 aliphatic heterocycles. The van der Waals surface area contributed by atoms with Crippen LogP contribution in [0, 0.1) is 0 Å². The van der Waals surface area contributed by atoms with Gasteiger partial charge in [-0.1, -0.05) is 188 Å². The lowest BCUT2D eigenvalue weighted by Gasteiger charge is -2.18. The molecule has 64 heavy (non-hydrogen) atoms. The van der Waals surface area contributed by atoms with E-state index in [-0.39, 0.29) is 0 Å². The second-order valence-corrected chi connectivity index (χ2v) is 16.8. The summed E-state index contributed by atoms with van der Waals surface area (Å²) in [4.78, 5) is 0. The normalized spacial score (nSPS) is 11.8. The molecular weight excluding hydrogens is 773 g/mol. The molecule has 0 unspecified atom stereocenters. The SMILES string of the molecule is c1ccc(-c2ccc(-c3c4ccccc4c(-c4ccc(-n5c6ccccc6c6ccc(-c7ccc8c(c7)c7ccccc7n8-c7ccccc7)cc65)cc4)c4ccccc34)cc2)cc1. The molecule has 0 aliphatic carbocycles. The molecule has 0 amide bonds. The third-order valence-corrected chi connectivity index (χ3v) is 13.3. The lowest BCUT2D eigenvalue weighted by atomic mass is 9.85. The second kappa shape index (κ2) is 14.6. The van der Waals surface area contributed by atoms with E-state index in [9.17, 15) is 0 Å². The van der Waals surface area contributed by atoms with Gasteiger partial charge in [0.05, 0.1) is 22.1 Å². The van der Waals surface area contributed by atoms with E-state index in [4.69, 9.17) is 0 Å². The highest BCUT2D eigenvalue weighted by Gasteiger charge is 2.19. The first-order valence-corrected chi connectivity index (χ1v) is 22.1. The fourth-order valence-electron chi connectivity index (χ4n) is 10.4. The molecule has 13 aromatic rings. The molecule has 2 heteroatoms. The van der Waals surface area contributed by atoms with E-state index in [2.05, 4.69) is 252 Å². The Kier molecular flexibility index (Phi) is 8.25. The van der Waals surface area contributed by atoms with Crippen molar-refractivity contribution in [2.24, 2.45) is 0 Å². The molecule has 0 bridgehead atoms. The molecule has 0 saturated carbocycles. The van der Waals surface area contributed by atoms with Crippen molar-refractivity contribution in [1.29, 1.82) is 0 Å². The third-order valence-electron chi connectivity index (χ3n) is 13.3. The van der Waals surface area contributed by atoms with Gasteiger partial charge in [-0.2, -0.15) is 0 Å². The topological polar surface area (TPSA) is 9.86 Å².